The molecule has 2 fully saturated rings. The molecule has 2 saturated heterocycles. The molecule has 0 spiro atoms. The zero-order valence-corrected chi connectivity index (χ0v) is 19.2. The van der Waals surface area contributed by atoms with Crippen LogP contribution in [-0.2, 0) is 34.4 Å². The number of carbonyl (C=O) groups is 3. The van der Waals surface area contributed by atoms with Gasteiger partial charge in [-0.15, -0.1) is 0 Å². The van der Waals surface area contributed by atoms with E-state index in [1.54, 1.807) is 11.8 Å². The number of benzene rings is 2. The van der Waals surface area contributed by atoms with Gasteiger partial charge in [-0.1, -0.05) is 48.5 Å². The van der Waals surface area contributed by atoms with Crippen LogP contribution in [-0.4, -0.2) is 47.3 Å². The van der Waals surface area contributed by atoms with Gasteiger partial charge in [-0.05, 0) is 73.6 Å². The molecule has 0 bridgehead atoms. The number of fused-ring (bicyclic) bond motifs is 1. The third-order valence-electron chi connectivity index (χ3n) is 7.58. The number of hydrogen-bond donors (Lipinski definition) is 1. The van der Waals surface area contributed by atoms with Gasteiger partial charge in [0.15, 0.2) is 0 Å². The lowest BCUT2D eigenvalue weighted by atomic mass is 9.89. The highest BCUT2D eigenvalue weighted by molar-refractivity contribution is 6.09. The summed E-state index contributed by atoms with van der Waals surface area (Å²) in [6.07, 6.45) is 6.09. The molecule has 0 saturated carbocycles. The molecular formula is C27H31N3O3. The van der Waals surface area contributed by atoms with Crippen LogP contribution in [0.15, 0.2) is 48.5 Å². The van der Waals surface area contributed by atoms with Gasteiger partial charge in [0.05, 0.1) is 0 Å². The van der Waals surface area contributed by atoms with Gasteiger partial charge >= 0.3 is 6.03 Å². The minimum atomic E-state index is -1.13. The Morgan fingerprint density at radius 3 is 2.52 bits per heavy atom. The molecule has 3 aliphatic rings. The van der Waals surface area contributed by atoms with E-state index in [9.17, 15) is 14.4 Å². The van der Waals surface area contributed by atoms with Crippen molar-refractivity contribution in [1.29, 1.82) is 0 Å². The standard InChI is InChI=1S/C27H31N3O3/c1-27(23-11-10-21-8-5-9-22(21)17-23)25(32)30(26(33)28-27)18-24(31)29-14-12-20(13-15-29)16-19-6-3-2-4-7-19/h2-4,6-7,10-11,17,20H,5,8-9,12-16,18H2,1H3,(H,28,33). The molecule has 172 valence electrons. The Labute approximate surface area is 194 Å². The fourth-order valence-electron chi connectivity index (χ4n) is 5.49. The molecule has 4 amide bonds. The SMILES string of the molecule is CC1(c2ccc3c(c2)CCC3)NC(=O)N(CC(=O)N2CCC(Cc3ccccc3)CC2)C1=O. The van der Waals surface area contributed by atoms with Crippen molar-refractivity contribution in [3.05, 3.63) is 70.8 Å². The van der Waals surface area contributed by atoms with Gasteiger partial charge < -0.3 is 10.2 Å². The van der Waals surface area contributed by atoms with E-state index < -0.39 is 11.6 Å². The maximum absolute atomic E-state index is 13.3. The topological polar surface area (TPSA) is 69.7 Å². The van der Waals surface area contributed by atoms with Crippen LogP contribution >= 0.6 is 0 Å². The summed E-state index contributed by atoms with van der Waals surface area (Å²) in [6, 6.07) is 16.0. The molecule has 0 aromatic heterocycles. The Morgan fingerprint density at radius 2 is 1.76 bits per heavy atom. The number of imide groups is 1. The number of urea groups is 1. The molecule has 2 heterocycles. The second-order valence-electron chi connectivity index (χ2n) is 9.80. The number of rotatable bonds is 5. The number of hydrogen-bond acceptors (Lipinski definition) is 3. The van der Waals surface area contributed by atoms with Crippen LogP contribution < -0.4 is 5.32 Å². The summed E-state index contributed by atoms with van der Waals surface area (Å²) in [5, 5.41) is 2.85. The monoisotopic (exact) mass is 445 g/mol. The first-order valence-electron chi connectivity index (χ1n) is 12.0. The Kier molecular flexibility index (Phi) is 5.69. The average molecular weight is 446 g/mol. The predicted molar refractivity (Wildman–Crippen MR) is 126 cm³/mol. The van der Waals surface area contributed by atoms with Gasteiger partial charge in [0, 0.05) is 13.1 Å². The summed E-state index contributed by atoms with van der Waals surface area (Å²) in [5.41, 5.74) is 3.56. The summed E-state index contributed by atoms with van der Waals surface area (Å²) < 4.78 is 0. The summed E-state index contributed by atoms with van der Waals surface area (Å²) in [4.78, 5) is 41.8. The largest absolute Gasteiger partial charge is 0.341 e. The fourth-order valence-corrected chi connectivity index (χ4v) is 5.49. The number of piperidine rings is 1. The molecule has 1 unspecified atom stereocenters. The van der Waals surface area contributed by atoms with E-state index in [0.717, 1.165) is 49.0 Å². The molecule has 2 aromatic rings. The van der Waals surface area contributed by atoms with Gasteiger partial charge in [-0.25, -0.2) is 4.79 Å². The smallest absolute Gasteiger partial charge is 0.325 e. The zero-order valence-electron chi connectivity index (χ0n) is 19.2. The van der Waals surface area contributed by atoms with Crippen LogP contribution in [0, 0.1) is 5.92 Å². The van der Waals surface area contributed by atoms with E-state index in [1.807, 2.05) is 18.2 Å². The lowest BCUT2D eigenvalue weighted by molar-refractivity contribution is -0.139. The molecule has 2 aromatic carbocycles. The molecule has 6 heteroatoms. The number of nitrogens with zero attached hydrogens (tertiary/aromatic N) is 2. The minimum absolute atomic E-state index is 0.158. The van der Waals surface area contributed by atoms with Crippen LogP contribution in [0.2, 0.25) is 0 Å². The Hall–Kier alpha value is -3.15. The fraction of sp³-hybridized carbons (Fsp3) is 0.444. The lowest BCUT2D eigenvalue weighted by Crippen LogP contribution is -2.47. The van der Waals surface area contributed by atoms with Gasteiger partial charge in [0.25, 0.3) is 5.91 Å². The van der Waals surface area contributed by atoms with Gasteiger partial charge in [-0.3, -0.25) is 14.5 Å². The van der Waals surface area contributed by atoms with Crippen LogP contribution in [0.3, 0.4) is 0 Å². The third-order valence-corrected chi connectivity index (χ3v) is 7.58. The Balaban J connectivity index is 1.20. The van der Waals surface area contributed by atoms with Crippen molar-refractivity contribution in [2.75, 3.05) is 19.6 Å². The molecule has 6 nitrogen and oxygen atoms in total. The molecular weight excluding hydrogens is 414 g/mol. The molecule has 33 heavy (non-hydrogen) atoms. The van der Waals surface area contributed by atoms with Crippen molar-refractivity contribution in [3.8, 4) is 0 Å². The van der Waals surface area contributed by atoms with Crippen LogP contribution in [0.25, 0.3) is 0 Å². The second kappa shape index (κ2) is 8.65. The van der Waals surface area contributed by atoms with E-state index in [-0.39, 0.29) is 18.4 Å². The third kappa shape index (κ3) is 4.14. The molecule has 5 rings (SSSR count). The quantitative estimate of drug-likeness (QED) is 0.717. The van der Waals surface area contributed by atoms with E-state index in [2.05, 4.69) is 35.6 Å². The van der Waals surface area contributed by atoms with E-state index >= 15 is 0 Å². The van der Waals surface area contributed by atoms with E-state index in [1.165, 1.54) is 16.7 Å². The summed E-state index contributed by atoms with van der Waals surface area (Å²) in [5.74, 6) is 0.0453. The first-order chi connectivity index (χ1) is 15.9. The summed E-state index contributed by atoms with van der Waals surface area (Å²) in [6.45, 7) is 2.88. The highest BCUT2D eigenvalue weighted by Gasteiger charge is 2.50. The summed E-state index contributed by atoms with van der Waals surface area (Å²) >= 11 is 0. The van der Waals surface area contributed by atoms with Gasteiger partial charge in [0.2, 0.25) is 5.91 Å². The van der Waals surface area contributed by atoms with Gasteiger partial charge in [-0.2, -0.15) is 0 Å². The Bertz CT molecular complexity index is 1080. The molecule has 1 N–H and O–H groups in total. The highest BCUT2D eigenvalue weighted by atomic mass is 16.2. The number of nitrogens with one attached hydrogen (secondary N) is 1. The highest BCUT2D eigenvalue weighted by Crippen LogP contribution is 2.32. The number of likely N-dealkylation sites (tertiary alicyclic amines) is 1. The van der Waals surface area contributed by atoms with Crippen molar-refractivity contribution >= 4 is 17.8 Å². The van der Waals surface area contributed by atoms with Gasteiger partial charge in [0.1, 0.15) is 12.1 Å². The number of carbonyl (C=O) groups excluding carboxylic acids is 3. The molecule has 0 radical (unpaired) electrons. The predicted octanol–water partition coefficient (Wildman–Crippen LogP) is 3.42. The first kappa shape index (κ1) is 21.7. The maximum Gasteiger partial charge on any atom is 0.325 e. The number of aryl methyl sites for hydroxylation is 2. The number of amides is 4. The average Bonchev–Trinajstić information content (AvgIpc) is 3.38. The normalized spacial score (nSPS) is 23.1. The zero-order chi connectivity index (χ0) is 23.0. The molecule has 1 aliphatic carbocycles. The second-order valence-corrected chi connectivity index (χ2v) is 9.80. The van der Waals surface area contributed by atoms with Crippen molar-refractivity contribution in [3.63, 3.8) is 0 Å². The summed E-state index contributed by atoms with van der Waals surface area (Å²) in [7, 11) is 0. The van der Waals surface area contributed by atoms with Crippen molar-refractivity contribution in [2.24, 2.45) is 5.92 Å². The van der Waals surface area contributed by atoms with Crippen LogP contribution in [0.1, 0.15) is 48.4 Å². The lowest BCUT2D eigenvalue weighted by Gasteiger charge is -2.33. The van der Waals surface area contributed by atoms with Crippen LogP contribution in [0.5, 0.6) is 0 Å². The van der Waals surface area contributed by atoms with E-state index in [0.29, 0.717) is 19.0 Å². The van der Waals surface area contributed by atoms with E-state index in [4.69, 9.17) is 0 Å². The first-order valence-corrected chi connectivity index (χ1v) is 12.0. The van der Waals surface area contributed by atoms with Crippen molar-refractivity contribution < 1.29 is 14.4 Å². The Morgan fingerprint density at radius 1 is 1.03 bits per heavy atom. The van der Waals surface area contributed by atoms with Crippen molar-refractivity contribution in [2.45, 2.75) is 51.0 Å². The molecule has 1 atom stereocenters. The molecule has 2 aliphatic heterocycles. The minimum Gasteiger partial charge on any atom is -0.341 e. The van der Waals surface area contributed by atoms with Crippen LogP contribution in [0.4, 0.5) is 4.79 Å². The maximum atomic E-state index is 13.3. The van der Waals surface area contributed by atoms with Crippen molar-refractivity contribution in [1.82, 2.24) is 15.1 Å².